The highest BCUT2D eigenvalue weighted by atomic mass is 16.2. The predicted octanol–water partition coefficient (Wildman–Crippen LogP) is 0.679. The lowest BCUT2D eigenvalue weighted by atomic mass is 10.1. The number of nitrogens with two attached hydrogens (primary N) is 1. The molecule has 7 heteroatoms. The van der Waals surface area contributed by atoms with E-state index in [-0.39, 0.29) is 18.9 Å². The van der Waals surface area contributed by atoms with Crippen LogP contribution in [0.5, 0.6) is 0 Å². The Bertz CT molecular complexity index is 488. The second-order valence-corrected chi connectivity index (χ2v) is 3.81. The highest BCUT2D eigenvalue weighted by Crippen LogP contribution is 2.10. The number of ketones is 1. The van der Waals surface area contributed by atoms with Gasteiger partial charge in [0.25, 0.3) is 0 Å². The van der Waals surface area contributed by atoms with E-state index in [1.54, 1.807) is 24.3 Å². The van der Waals surface area contributed by atoms with Crippen LogP contribution >= 0.6 is 0 Å². The maximum absolute atomic E-state index is 11.5. The Kier molecular flexibility index (Phi) is 5.34. The van der Waals surface area contributed by atoms with Crippen LogP contribution in [0, 0.1) is 0 Å². The van der Waals surface area contributed by atoms with E-state index in [0.29, 0.717) is 11.3 Å². The molecule has 4 amide bonds. The molecule has 0 saturated heterocycles. The molecule has 0 aliphatic rings. The third-order valence-electron chi connectivity index (χ3n) is 2.24. The fraction of sp³-hybridized carbons (Fsp3) is 0.250. The summed E-state index contributed by atoms with van der Waals surface area (Å²) in [5, 5.41) is 7.45. The number of Topliss-reactive ketones (excluding diaryl/α,β-unsaturated/α-hetero) is 1. The molecular formula is C12H16N4O3. The average Bonchev–Trinajstić information content (AvgIpc) is 2.34. The number of rotatable bonds is 5. The number of benzene rings is 1. The van der Waals surface area contributed by atoms with E-state index in [1.165, 1.54) is 6.92 Å². The number of hydrogen-bond donors (Lipinski definition) is 4. The van der Waals surface area contributed by atoms with E-state index < -0.39 is 12.1 Å². The topological polar surface area (TPSA) is 113 Å². The number of nitrogens with one attached hydrogen (secondary N) is 3. The molecule has 0 saturated carbocycles. The standard InChI is InChI=1S/C12H16N4O3/c1-8(17)9-3-2-4-10(7-9)16-12(19)15-6-5-14-11(13)18/h2-4,7H,5-6H2,1H3,(H3,13,14,18)(H2,15,16,19). The van der Waals surface area contributed by atoms with Gasteiger partial charge in [-0.05, 0) is 19.1 Å². The van der Waals surface area contributed by atoms with E-state index in [2.05, 4.69) is 16.0 Å². The Hall–Kier alpha value is -2.57. The normalized spacial score (nSPS) is 9.53. The van der Waals surface area contributed by atoms with Crippen LogP contribution in [0.4, 0.5) is 15.3 Å². The highest BCUT2D eigenvalue weighted by Gasteiger charge is 2.04. The maximum atomic E-state index is 11.5. The summed E-state index contributed by atoms with van der Waals surface area (Å²) in [5.41, 5.74) is 5.91. The van der Waals surface area contributed by atoms with Crippen LogP contribution in [0.2, 0.25) is 0 Å². The van der Waals surface area contributed by atoms with Gasteiger partial charge in [-0.1, -0.05) is 12.1 Å². The molecule has 1 aromatic rings. The molecule has 102 valence electrons. The summed E-state index contributed by atoms with van der Waals surface area (Å²) in [7, 11) is 0. The van der Waals surface area contributed by atoms with Crippen molar-refractivity contribution in [1.82, 2.24) is 10.6 Å². The summed E-state index contributed by atoms with van der Waals surface area (Å²) in [6.07, 6.45) is 0. The SMILES string of the molecule is CC(=O)c1cccc(NC(=O)NCCNC(N)=O)c1. The molecule has 0 spiro atoms. The summed E-state index contributed by atoms with van der Waals surface area (Å²) in [6, 6.07) is 5.55. The van der Waals surface area contributed by atoms with E-state index in [0.717, 1.165) is 0 Å². The fourth-order valence-electron chi connectivity index (χ4n) is 1.35. The van der Waals surface area contributed by atoms with E-state index >= 15 is 0 Å². The molecule has 0 bridgehead atoms. The minimum Gasteiger partial charge on any atom is -0.352 e. The van der Waals surface area contributed by atoms with Gasteiger partial charge in [0.15, 0.2) is 5.78 Å². The molecule has 1 aromatic carbocycles. The highest BCUT2D eigenvalue weighted by molar-refractivity contribution is 5.96. The van der Waals surface area contributed by atoms with Crippen molar-refractivity contribution >= 4 is 23.5 Å². The summed E-state index contributed by atoms with van der Waals surface area (Å²) < 4.78 is 0. The maximum Gasteiger partial charge on any atom is 0.319 e. The Labute approximate surface area is 110 Å². The number of primary amides is 1. The van der Waals surface area contributed by atoms with Gasteiger partial charge in [-0.2, -0.15) is 0 Å². The lowest BCUT2D eigenvalue weighted by Gasteiger charge is -2.08. The number of amides is 4. The number of anilines is 1. The van der Waals surface area contributed by atoms with E-state index in [9.17, 15) is 14.4 Å². The monoisotopic (exact) mass is 264 g/mol. The number of carbonyl (C=O) groups excluding carboxylic acids is 3. The van der Waals surface area contributed by atoms with E-state index in [4.69, 9.17) is 5.73 Å². The lowest BCUT2D eigenvalue weighted by molar-refractivity contribution is 0.101. The third-order valence-corrected chi connectivity index (χ3v) is 2.24. The molecule has 7 nitrogen and oxygen atoms in total. The molecule has 0 aliphatic heterocycles. The summed E-state index contributed by atoms with van der Waals surface area (Å²) in [6.45, 7) is 1.95. The van der Waals surface area contributed by atoms with Gasteiger partial charge in [0.2, 0.25) is 0 Å². The van der Waals surface area contributed by atoms with Crippen molar-refractivity contribution in [3.05, 3.63) is 29.8 Å². The van der Waals surface area contributed by atoms with Gasteiger partial charge in [0.1, 0.15) is 0 Å². The van der Waals surface area contributed by atoms with Crippen LogP contribution in [0.3, 0.4) is 0 Å². The van der Waals surface area contributed by atoms with Crippen molar-refractivity contribution in [3.8, 4) is 0 Å². The Morgan fingerprint density at radius 2 is 1.84 bits per heavy atom. The quantitative estimate of drug-likeness (QED) is 0.463. The van der Waals surface area contributed by atoms with Gasteiger partial charge in [-0.3, -0.25) is 4.79 Å². The molecular weight excluding hydrogens is 248 g/mol. The predicted molar refractivity (Wildman–Crippen MR) is 71.1 cm³/mol. The zero-order valence-electron chi connectivity index (χ0n) is 10.5. The van der Waals surface area contributed by atoms with Crippen molar-refractivity contribution in [2.45, 2.75) is 6.92 Å². The molecule has 0 aliphatic carbocycles. The smallest absolute Gasteiger partial charge is 0.319 e. The van der Waals surface area contributed by atoms with Gasteiger partial charge in [-0.15, -0.1) is 0 Å². The molecule has 0 atom stereocenters. The van der Waals surface area contributed by atoms with Gasteiger partial charge in [0, 0.05) is 24.3 Å². The molecule has 5 N–H and O–H groups in total. The van der Waals surface area contributed by atoms with Crippen LogP contribution in [0.1, 0.15) is 17.3 Å². The van der Waals surface area contributed by atoms with Gasteiger partial charge < -0.3 is 21.7 Å². The number of carbonyl (C=O) groups is 3. The van der Waals surface area contributed by atoms with Crippen molar-refractivity contribution in [2.24, 2.45) is 5.73 Å². The van der Waals surface area contributed by atoms with Crippen LogP contribution in [-0.2, 0) is 0 Å². The second-order valence-electron chi connectivity index (χ2n) is 3.81. The van der Waals surface area contributed by atoms with Crippen molar-refractivity contribution < 1.29 is 14.4 Å². The fourth-order valence-corrected chi connectivity index (χ4v) is 1.35. The largest absolute Gasteiger partial charge is 0.352 e. The van der Waals surface area contributed by atoms with Gasteiger partial charge in [-0.25, -0.2) is 9.59 Å². The van der Waals surface area contributed by atoms with Crippen LogP contribution in [0.15, 0.2) is 24.3 Å². The van der Waals surface area contributed by atoms with Crippen molar-refractivity contribution in [2.75, 3.05) is 18.4 Å². The summed E-state index contributed by atoms with van der Waals surface area (Å²) in [5.74, 6) is -0.0743. The third kappa shape index (κ3) is 5.53. The molecule has 0 heterocycles. The van der Waals surface area contributed by atoms with Gasteiger partial charge in [0.05, 0.1) is 0 Å². The zero-order valence-corrected chi connectivity index (χ0v) is 10.5. The summed E-state index contributed by atoms with van der Waals surface area (Å²) in [4.78, 5) is 33.1. The first-order chi connectivity index (χ1) is 8.99. The number of urea groups is 2. The van der Waals surface area contributed by atoms with Crippen LogP contribution < -0.4 is 21.7 Å². The van der Waals surface area contributed by atoms with Crippen molar-refractivity contribution in [1.29, 1.82) is 0 Å². The molecule has 0 aromatic heterocycles. The number of hydrogen-bond acceptors (Lipinski definition) is 3. The minimum atomic E-state index is -0.642. The molecule has 19 heavy (non-hydrogen) atoms. The first kappa shape index (κ1) is 14.5. The van der Waals surface area contributed by atoms with Crippen LogP contribution in [-0.4, -0.2) is 30.9 Å². The van der Waals surface area contributed by atoms with Crippen LogP contribution in [0.25, 0.3) is 0 Å². The Morgan fingerprint density at radius 3 is 2.47 bits per heavy atom. The minimum absolute atomic E-state index is 0.0743. The zero-order chi connectivity index (χ0) is 14.3. The summed E-state index contributed by atoms with van der Waals surface area (Å²) >= 11 is 0. The molecule has 1 rings (SSSR count). The first-order valence-electron chi connectivity index (χ1n) is 5.68. The Morgan fingerprint density at radius 1 is 1.16 bits per heavy atom. The Balaban J connectivity index is 2.42. The van der Waals surface area contributed by atoms with Crippen molar-refractivity contribution in [3.63, 3.8) is 0 Å². The average molecular weight is 264 g/mol. The van der Waals surface area contributed by atoms with Gasteiger partial charge >= 0.3 is 12.1 Å². The van der Waals surface area contributed by atoms with E-state index in [1.807, 2.05) is 0 Å². The first-order valence-corrected chi connectivity index (χ1v) is 5.68. The molecule has 0 unspecified atom stereocenters. The second kappa shape index (κ2) is 7.00. The molecule has 0 fully saturated rings. The lowest BCUT2D eigenvalue weighted by Crippen LogP contribution is -2.38. The molecule has 0 radical (unpaired) electrons.